The number of pyridine rings is 2. The first kappa shape index (κ1) is 38.6. The van der Waals surface area contributed by atoms with E-state index < -0.39 is 46.9 Å². The highest BCUT2D eigenvalue weighted by molar-refractivity contribution is 5.98. The summed E-state index contributed by atoms with van der Waals surface area (Å²) in [5.74, 6) is -5.44. The van der Waals surface area contributed by atoms with Crippen LogP contribution in [0.25, 0.3) is 16.9 Å². The third kappa shape index (κ3) is 8.22. The number of methoxy groups -OCH3 is 1. The SMILES string of the molecule is CC.CCOC(=O)[C@H](Cc1ccc(-n2c(=O)c3ncc(OC)cc3n(C)c2=O)nc1)NC(=O)c1c(C)cc(N2CCOC[C@@H]2C(C)(F)F)cc1F. The van der Waals surface area contributed by atoms with Gasteiger partial charge in [0, 0.05) is 44.9 Å². The van der Waals surface area contributed by atoms with Crippen molar-refractivity contribution in [3.8, 4) is 11.6 Å². The smallest absolute Gasteiger partial charge is 0.337 e. The minimum Gasteiger partial charge on any atom is -0.495 e. The lowest BCUT2D eigenvalue weighted by molar-refractivity contribution is -0.145. The number of alkyl halides is 2. The van der Waals surface area contributed by atoms with E-state index in [1.807, 2.05) is 13.8 Å². The normalized spacial score (nSPS) is 15.1. The van der Waals surface area contributed by atoms with Gasteiger partial charge in [0.05, 0.1) is 44.2 Å². The first-order valence-corrected chi connectivity index (χ1v) is 16.4. The van der Waals surface area contributed by atoms with Crippen LogP contribution in [-0.4, -0.2) is 82.5 Å². The Balaban J connectivity index is 0.00000286. The summed E-state index contributed by atoms with van der Waals surface area (Å²) in [5.41, 5.74) is -0.702. The Kier molecular flexibility index (Phi) is 12.2. The number of fused-ring (bicyclic) bond motifs is 1. The molecule has 51 heavy (non-hydrogen) atoms. The van der Waals surface area contributed by atoms with Crippen LogP contribution in [-0.2, 0) is 27.7 Å². The standard InChI is InChI=1S/C33H35F3N6O7.C2H6/c1-6-49-31(45)23(39-29(43)27-18(2)11-20(13-22(27)34)41-9-10-48-17-25(41)33(3,35)36)12-19-7-8-26(37-15-19)42-30(44)28-24(40(4)32(42)46)14-21(47-5)16-38-28;1-2/h7-8,11,13-16,23,25H,6,9-10,12,17H2,1-5H3,(H,39,43);1-2H3/t23-,25+;/m0./s1. The molecule has 0 radical (unpaired) electrons. The van der Waals surface area contributed by atoms with Gasteiger partial charge in [0.25, 0.3) is 17.4 Å². The number of nitrogens with zero attached hydrogens (tertiary/aromatic N) is 5. The molecular formula is C35H41F3N6O7. The number of carbonyl (C=O) groups excluding carboxylic acids is 2. The van der Waals surface area contributed by atoms with E-state index in [0.29, 0.717) is 11.3 Å². The molecule has 13 nitrogen and oxygen atoms in total. The molecule has 2 atom stereocenters. The second-order valence-electron chi connectivity index (χ2n) is 11.6. The van der Waals surface area contributed by atoms with Gasteiger partial charge in [-0.25, -0.2) is 37.3 Å². The molecule has 0 unspecified atom stereocenters. The van der Waals surface area contributed by atoms with Crippen molar-refractivity contribution >= 4 is 28.6 Å². The molecular weight excluding hydrogens is 673 g/mol. The first-order chi connectivity index (χ1) is 24.2. The molecule has 3 aromatic heterocycles. The third-order valence-electron chi connectivity index (χ3n) is 8.22. The predicted octanol–water partition coefficient (Wildman–Crippen LogP) is 3.73. The maximum absolute atomic E-state index is 15.5. The molecule has 1 amide bonds. The lowest BCUT2D eigenvalue weighted by Crippen LogP contribution is -2.54. The molecule has 4 heterocycles. The quantitative estimate of drug-likeness (QED) is 0.241. The zero-order valence-electron chi connectivity index (χ0n) is 29.5. The number of benzene rings is 1. The molecule has 5 rings (SSSR count). The van der Waals surface area contributed by atoms with E-state index >= 15 is 4.39 Å². The van der Waals surface area contributed by atoms with Gasteiger partial charge in [-0.1, -0.05) is 19.9 Å². The maximum Gasteiger partial charge on any atom is 0.337 e. The van der Waals surface area contributed by atoms with E-state index in [9.17, 15) is 28.0 Å². The molecule has 0 saturated carbocycles. The van der Waals surface area contributed by atoms with Gasteiger partial charge < -0.3 is 24.4 Å². The molecule has 4 aromatic rings. The van der Waals surface area contributed by atoms with E-state index in [-0.39, 0.29) is 66.5 Å². The monoisotopic (exact) mass is 714 g/mol. The van der Waals surface area contributed by atoms with Crippen molar-refractivity contribution in [3.05, 3.63) is 86.1 Å². The Morgan fingerprint density at radius 2 is 1.86 bits per heavy atom. The van der Waals surface area contributed by atoms with Gasteiger partial charge in [-0.15, -0.1) is 0 Å². The summed E-state index contributed by atoms with van der Waals surface area (Å²) < 4.78 is 61.7. The number of carbonyl (C=O) groups is 2. The lowest BCUT2D eigenvalue weighted by Gasteiger charge is -2.40. The lowest BCUT2D eigenvalue weighted by atomic mass is 10.0. The number of anilines is 1. The molecule has 1 aliphatic rings. The summed E-state index contributed by atoms with van der Waals surface area (Å²) in [5, 5.41) is 2.52. The number of morpholine rings is 1. The van der Waals surface area contributed by atoms with Crippen LogP contribution in [0.1, 0.15) is 49.2 Å². The van der Waals surface area contributed by atoms with Crippen LogP contribution in [0, 0.1) is 12.7 Å². The number of hydrogen-bond donors (Lipinski definition) is 1. The molecule has 1 saturated heterocycles. The number of ether oxygens (including phenoxy) is 3. The Bertz CT molecular complexity index is 1990. The Morgan fingerprint density at radius 1 is 1.14 bits per heavy atom. The van der Waals surface area contributed by atoms with Gasteiger partial charge in [0.15, 0.2) is 5.52 Å². The van der Waals surface area contributed by atoms with Crippen LogP contribution >= 0.6 is 0 Å². The van der Waals surface area contributed by atoms with Crippen LogP contribution in [0.2, 0.25) is 0 Å². The average molecular weight is 715 g/mol. The minimum atomic E-state index is -3.13. The fourth-order valence-corrected chi connectivity index (χ4v) is 5.70. The van der Waals surface area contributed by atoms with Gasteiger partial charge in [0.1, 0.15) is 29.5 Å². The topological polar surface area (TPSA) is 147 Å². The van der Waals surface area contributed by atoms with Crippen molar-refractivity contribution in [2.75, 3.05) is 38.4 Å². The second kappa shape index (κ2) is 16.2. The zero-order chi connectivity index (χ0) is 37.6. The predicted molar refractivity (Wildman–Crippen MR) is 184 cm³/mol. The van der Waals surface area contributed by atoms with Crippen molar-refractivity contribution in [2.24, 2.45) is 7.05 Å². The number of aromatic nitrogens is 4. The van der Waals surface area contributed by atoms with Gasteiger partial charge >= 0.3 is 11.7 Å². The largest absolute Gasteiger partial charge is 0.495 e. The van der Waals surface area contributed by atoms with Crippen molar-refractivity contribution in [1.29, 1.82) is 0 Å². The highest BCUT2D eigenvalue weighted by Crippen LogP contribution is 2.32. The summed E-state index contributed by atoms with van der Waals surface area (Å²) in [4.78, 5) is 62.4. The molecule has 16 heteroatoms. The van der Waals surface area contributed by atoms with Crippen LogP contribution in [0.15, 0.2) is 52.3 Å². The molecule has 274 valence electrons. The number of rotatable bonds is 10. The molecule has 0 bridgehead atoms. The van der Waals surface area contributed by atoms with Gasteiger partial charge in [-0.2, -0.15) is 0 Å². The first-order valence-electron chi connectivity index (χ1n) is 16.4. The van der Waals surface area contributed by atoms with Crippen molar-refractivity contribution in [3.63, 3.8) is 0 Å². The van der Waals surface area contributed by atoms with Crippen LogP contribution in [0.4, 0.5) is 18.9 Å². The zero-order valence-corrected chi connectivity index (χ0v) is 29.5. The molecule has 0 aliphatic carbocycles. The molecule has 1 aromatic carbocycles. The molecule has 0 spiro atoms. The molecule has 1 aliphatic heterocycles. The van der Waals surface area contributed by atoms with Crippen molar-refractivity contribution in [2.45, 2.75) is 59.0 Å². The van der Waals surface area contributed by atoms with Crippen LogP contribution in [0.5, 0.6) is 5.75 Å². The summed E-state index contributed by atoms with van der Waals surface area (Å²) in [6, 6.07) is 4.28. The number of hydrogen-bond acceptors (Lipinski definition) is 10. The highest BCUT2D eigenvalue weighted by atomic mass is 19.3. The Morgan fingerprint density at radius 3 is 2.47 bits per heavy atom. The summed E-state index contributed by atoms with van der Waals surface area (Å²) in [6.45, 7) is 7.85. The number of halogens is 3. The number of amides is 1. The van der Waals surface area contributed by atoms with E-state index in [1.54, 1.807) is 6.92 Å². The van der Waals surface area contributed by atoms with Crippen molar-refractivity contribution < 1.29 is 37.0 Å². The number of nitrogens with one attached hydrogen (secondary N) is 1. The van der Waals surface area contributed by atoms with E-state index in [0.717, 1.165) is 17.6 Å². The highest BCUT2D eigenvalue weighted by Gasteiger charge is 2.41. The second-order valence-corrected chi connectivity index (χ2v) is 11.6. The molecule has 1 fully saturated rings. The minimum absolute atomic E-state index is 0.00133. The van der Waals surface area contributed by atoms with Crippen LogP contribution in [0.3, 0.4) is 0 Å². The Labute approximate surface area is 292 Å². The van der Waals surface area contributed by atoms with E-state index in [4.69, 9.17) is 14.2 Å². The summed E-state index contributed by atoms with van der Waals surface area (Å²) in [6.07, 6.45) is 2.55. The summed E-state index contributed by atoms with van der Waals surface area (Å²) in [7, 11) is 2.91. The number of esters is 1. The summed E-state index contributed by atoms with van der Waals surface area (Å²) >= 11 is 0. The van der Waals surface area contributed by atoms with Crippen LogP contribution < -0.4 is 26.2 Å². The van der Waals surface area contributed by atoms with Gasteiger partial charge in [-0.3, -0.25) is 14.2 Å². The fraction of sp³-hybridized carbons (Fsp3) is 0.429. The third-order valence-corrected chi connectivity index (χ3v) is 8.22. The number of aryl methyl sites for hydroxylation is 2. The van der Waals surface area contributed by atoms with Gasteiger partial charge in [-0.05, 0) is 43.2 Å². The fourth-order valence-electron chi connectivity index (χ4n) is 5.70. The van der Waals surface area contributed by atoms with E-state index in [2.05, 4.69) is 15.3 Å². The molecule has 1 N–H and O–H groups in total. The van der Waals surface area contributed by atoms with Crippen molar-refractivity contribution in [1.82, 2.24) is 24.4 Å². The van der Waals surface area contributed by atoms with Gasteiger partial charge in [0.2, 0.25) is 0 Å². The average Bonchev–Trinajstić information content (AvgIpc) is 3.11. The Hall–Kier alpha value is -5.25. The maximum atomic E-state index is 15.5. The van der Waals surface area contributed by atoms with E-state index in [1.165, 1.54) is 67.2 Å².